The molecule has 10 aliphatic carbocycles. The average molecular weight is 1170 g/mol. The number of hydrogen-bond donors (Lipinski definition) is 0. The van der Waals surface area contributed by atoms with Crippen molar-refractivity contribution in [2.24, 2.45) is 46.3 Å². The summed E-state index contributed by atoms with van der Waals surface area (Å²) < 4.78 is 6.92. The van der Waals surface area contributed by atoms with Gasteiger partial charge < -0.3 is 0 Å². The van der Waals surface area contributed by atoms with Crippen LogP contribution < -0.4 is 0 Å². The van der Waals surface area contributed by atoms with Crippen molar-refractivity contribution >= 4 is 43.8 Å². The fraction of sp³-hybridized carbons (Fsp3) is 0.459. The Kier molecular flexibility index (Phi) is 13.8. The van der Waals surface area contributed by atoms with Crippen molar-refractivity contribution in [3.8, 4) is 44.5 Å². The van der Waals surface area contributed by atoms with E-state index in [-0.39, 0.29) is 24.8 Å². The quantitative estimate of drug-likeness (QED) is 0.120. The van der Waals surface area contributed by atoms with Crippen molar-refractivity contribution in [2.75, 3.05) is 0 Å². The molecule has 6 aromatic rings. The summed E-state index contributed by atoms with van der Waals surface area (Å²) in [7, 11) is 0. The smallest absolute Gasteiger partial charge is 0.147 e. The first-order valence-corrected chi connectivity index (χ1v) is 44.0. The number of fused-ring (bicyclic) bond motifs is 2. The van der Waals surface area contributed by atoms with Gasteiger partial charge in [0.1, 0.15) is 0 Å². The van der Waals surface area contributed by atoms with Gasteiger partial charge in [-0.15, -0.1) is 24.8 Å². The van der Waals surface area contributed by atoms with Crippen molar-refractivity contribution in [3.63, 3.8) is 0 Å². The van der Waals surface area contributed by atoms with E-state index in [0.29, 0.717) is 18.1 Å². The van der Waals surface area contributed by atoms with Gasteiger partial charge in [0.15, 0.2) is 0 Å². The zero-order chi connectivity index (χ0) is 52.4. The summed E-state index contributed by atoms with van der Waals surface area (Å²) in [5, 5.41) is 0. The molecule has 0 radical (unpaired) electrons. The van der Waals surface area contributed by atoms with Gasteiger partial charge in [-0.1, -0.05) is 0 Å². The zero-order valence-corrected chi connectivity index (χ0v) is 54.4. The number of rotatable bonds is 10. The molecule has 78 heavy (non-hydrogen) atoms. The first-order chi connectivity index (χ1) is 36.2. The molecule has 8 fully saturated rings. The van der Waals surface area contributed by atoms with Crippen LogP contribution in [0.15, 0.2) is 108 Å². The van der Waals surface area contributed by atoms with E-state index in [4.69, 9.17) is 0 Å². The first kappa shape index (κ1) is 55.0. The van der Waals surface area contributed by atoms with Crippen LogP contribution >= 0.6 is 24.8 Å². The molecule has 0 amide bonds. The van der Waals surface area contributed by atoms with Crippen LogP contribution in [0.5, 0.6) is 0 Å². The Labute approximate surface area is 484 Å². The SMILES string of the molecule is Cc1cc(C)cc(-c2ccc(-c3cc(C)cc(C)c3)c3c2C=C(CC24CC5CC(CC(C5)C2)C4)[CH]3[Zr]([CH3])([CH3])(=[SiH2])[CH]2C(CC34CC5CC(CC(C5)C3)C4)=Cc3c(-c4cc(C)cc(C)c4)ccc(-c4cc(C)cc(C)c4)c32)c1.Cl.Cl. The molecule has 6 aromatic carbocycles. The molecule has 0 aliphatic heterocycles. The Morgan fingerprint density at radius 1 is 0.372 bits per heavy atom. The molecule has 2 atom stereocenters. The monoisotopic (exact) mass is 1160 g/mol. The van der Waals surface area contributed by atoms with Crippen molar-refractivity contribution < 1.29 is 17.4 Å². The molecule has 0 heterocycles. The van der Waals surface area contributed by atoms with E-state index in [0.717, 1.165) is 35.5 Å². The predicted molar refractivity (Wildman–Crippen MR) is 339 cm³/mol. The second-order valence-corrected chi connectivity index (χ2v) is 60.4. The number of halogens is 2. The number of aryl methyl sites for hydroxylation is 8. The molecule has 0 saturated heterocycles. The van der Waals surface area contributed by atoms with Gasteiger partial charge in [0.25, 0.3) is 0 Å². The van der Waals surface area contributed by atoms with Crippen molar-refractivity contribution in [1.29, 1.82) is 0 Å². The first-order valence-electron chi connectivity index (χ1n) is 30.4. The molecular weight excluding hydrogens is 1080 g/mol. The van der Waals surface area contributed by atoms with E-state index >= 15 is 0 Å². The third-order valence-corrected chi connectivity index (χ3v) is 39.5. The van der Waals surface area contributed by atoms with E-state index in [1.165, 1.54) is 179 Å². The van der Waals surface area contributed by atoms with Crippen LogP contribution in [0.25, 0.3) is 56.7 Å². The van der Waals surface area contributed by atoms with Crippen LogP contribution in [0.1, 0.15) is 164 Å². The molecule has 406 valence electrons. The van der Waals surface area contributed by atoms with Gasteiger partial charge in [-0.05, 0) is 0 Å². The average Bonchev–Trinajstić information content (AvgIpc) is 2.67. The zero-order valence-electron chi connectivity index (χ0n) is 48.9. The van der Waals surface area contributed by atoms with E-state index in [2.05, 4.69) is 181 Å². The fourth-order valence-electron chi connectivity index (χ4n) is 21.2. The molecule has 16 rings (SSSR count). The molecule has 8 bridgehead atoms. The van der Waals surface area contributed by atoms with Crippen LogP contribution in [0.4, 0.5) is 0 Å². The Hall–Kier alpha value is -3.52. The molecule has 0 nitrogen and oxygen atoms in total. The minimum absolute atomic E-state index is 0. The van der Waals surface area contributed by atoms with E-state index < -0.39 is 17.4 Å². The summed E-state index contributed by atoms with van der Waals surface area (Å²) in [6.07, 6.45) is 26.1. The maximum Gasteiger partial charge on any atom is -0.147 e. The van der Waals surface area contributed by atoms with Gasteiger partial charge in [0.05, 0.1) is 0 Å². The van der Waals surface area contributed by atoms with E-state index in [1.54, 1.807) is 22.3 Å². The van der Waals surface area contributed by atoms with Crippen LogP contribution in [0.3, 0.4) is 0 Å². The third kappa shape index (κ3) is 9.40. The second-order valence-electron chi connectivity index (χ2n) is 29.9. The summed E-state index contributed by atoms with van der Waals surface area (Å²) in [5.41, 5.74) is 33.6. The summed E-state index contributed by atoms with van der Waals surface area (Å²) in [5.74, 6) is 5.58. The standard InChI is InChI=1S/2C36H39.2CH3.2ClH.H2Si.Zr/c2*1-22-7-23(2)10-30(9-22)32-5-6-33(31-11-24(3)8-25(4)12-31)35-17-29(16-34(32)35)21-36-18-26-13-27(19-36)15-28(14-26)20-36;;;;;;/h2*5-12,16-17,26-28H,13-15,18-21H2,1-4H3;2*1H3;2*1H;1H2;. The Balaban J connectivity index is 0.00000305. The molecule has 0 N–H and O–H groups in total. The minimum Gasteiger partial charge on any atom is -0.147 e. The van der Waals surface area contributed by atoms with Crippen LogP contribution in [0.2, 0.25) is 9.26 Å². The minimum atomic E-state index is -4.50. The number of hydrogen-bond acceptors (Lipinski definition) is 0. The summed E-state index contributed by atoms with van der Waals surface area (Å²) in [6.45, 7) is 21.3. The van der Waals surface area contributed by atoms with Crippen molar-refractivity contribution in [1.82, 2.24) is 0 Å². The molecule has 4 heteroatoms. The maximum absolute atomic E-state index is 4.50. The molecule has 0 spiro atoms. The van der Waals surface area contributed by atoms with Gasteiger partial charge in [0.2, 0.25) is 0 Å². The Morgan fingerprint density at radius 3 is 0.859 bits per heavy atom. The van der Waals surface area contributed by atoms with Gasteiger partial charge >= 0.3 is 464 Å². The van der Waals surface area contributed by atoms with Gasteiger partial charge in [-0.2, -0.15) is 0 Å². The van der Waals surface area contributed by atoms with Crippen molar-refractivity contribution in [2.45, 2.75) is 162 Å². The van der Waals surface area contributed by atoms with E-state index in [9.17, 15) is 0 Å². The Bertz CT molecular complexity index is 3210. The number of allylic oxidation sites excluding steroid dienone is 2. The fourth-order valence-corrected chi connectivity index (χ4v) is 40.6. The predicted octanol–water partition coefficient (Wildman–Crippen LogP) is 20.8. The van der Waals surface area contributed by atoms with E-state index in [1.807, 2.05) is 11.1 Å². The van der Waals surface area contributed by atoms with Gasteiger partial charge in [-0.3, -0.25) is 0 Å². The summed E-state index contributed by atoms with van der Waals surface area (Å²) >= 11 is -4.50. The molecule has 10 aliphatic rings. The van der Waals surface area contributed by atoms with Crippen LogP contribution in [-0.4, -0.2) is 6.88 Å². The topological polar surface area (TPSA) is 0 Å². The molecule has 8 saturated carbocycles. The molecule has 2 unspecified atom stereocenters. The number of benzene rings is 6. The molecule has 0 aromatic heterocycles. The Morgan fingerprint density at radius 2 is 0.603 bits per heavy atom. The van der Waals surface area contributed by atoms with Crippen LogP contribution in [0, 0.1) is 102 Å². The van der Waals surface area contributed by atoms with Gasteiger partial charge in [0, 0.05) is 0 Å². The van der Waals surface area contributed by atoms with Crippen molar-refractivity contribution in [3.05, 3.63) is 175 Å². The van der Waals surface area contributed by atoms with Gasteiger partial charge in [-0.25, -0.2) is 0 Å². The summed E-state index contributed by atoms with van der Waals surface area (Å²) in [6, 6.07) is 40.1. The molecular formula is C74H88Cl2SiZr. The largest absolute Gasteiger partial charge is 0.147 e. The summed E-state index contributed by atoms with van der Waals surface area (Å²) in [4.78, 5) is 0. The third-order valence-electron chi connectivity index (χ3n) is 22.1. The second kappa shape index (κ2) is 19.6. The normalized spacial score (nSPS) is 29.0. The van der Waals surface area contributed by atoms with Crippen LogP contribution in [-0.2, 0) is 17.4 Å². The maximum atomic E-state index is 3.05.